The van der Waals surface area contributed by atoms with Crippen LogP contribution in [0.1, 0.15) is 11.1 Å². The summed E-state index contributed by atoms with van der Waals surface area (Å²) in [6, 6.07) is 16.3. The summed E-state index contributed by atoms with van der Waals surface area (Å²) in [6.07, 6.45) is 0. The van der Waals surface area contributed by atoms with Gasteiger partial charge >= 0.3 is 0 Å². The second kappa shape index (κ2) is 6.40. The van der Waals surface area contributed by atoms with Crippen molar-refractivity contribution in [1.29, 1.82) is 0 Å². The number of hydrogen-bond donors (Lipinski definition) is 0. The molecular formula is C14H12BrIO. The number of hydrogen-bond acceptors (Lipinski definition) is 1. The lowest BCUT2D eigenvalue weighted by Crippen LogP contribution is -1.97. The van der Waals surface area contributed by atoms with Gasteiger partial charge in [-0.25, -0.2) is 0 Å². The van der Waals surface area contributed by atoms with Crippen LogP contribution in [0.25, 0.3) is 0 Å². The summed E-state index contributed by atoms with van der Waals surface area (Å²) in [4.78, 5) is 0. The molecule has 2 rings (SSSR count). The minimum Gasteiger partial charge on any atom is -0.489 e. The molecule has 88 valence electrons. The van der Waals surface area contributed by atoms with Gasteiger partial charge < -0.3 is 4.74 Å². The van der Waals surface area contributed by atoms with E-state index in [0.717, 1.165) is 14.6 Å². The van der Waals surface area contributed by atoms with E-state index in [-0.39, 0.29) is 0 Å². The fourth-order valence-electron chi connectivity index (χ4n) is 1.53. The monoisotopic (exact) mass is 402 g/mol. The van der Waals surface area contributed by atoms with Gasteiger partial charge in [0.15, 0.2) is 0 Å². The van der Waals surface area contributed by atoms with Gasteiger partial charge in [-0.3, -0.25) is 0 Å². The van der Waals surface area contributed by atoms with E-state index in [4.69, 9.17) is 4.74 Å². The molecule has 0 spiro atoms. The zero-order valence-electron chi connectivity index (χ0n) is 9.20. The first-order valence-corrected chi connectivity index (χ1v) is 7.62. The molecule has 0 unspecified atom stereocenters. The third-order valence-electron chi connectivity index (χ3n) is 2.40. The molecule has 17 heavy (non-hydrogen) atoms. The lowest BCUT2D eigenvalue weighted by atomic mass is 10.2. The predicted molar refractivity (Wildman–Crippen MR) is 82.6 cm³/mol. The second-order valence-corrected chi connectivity index (χ2v) is 5.34. The zero-order chi connectivity index (χ0) is 12.1. The normalized spacial score (nSPS) is 10.2. The van der Waals surface area contributed by atoms with Gasteiger partial charge in [-0.2, -0.15) is 0 Å². The average molecular weight is 403 g/mol. The van der Waals surface area contributed by atoms with Crippen molar-refractivity contribution in [3.8, 4) is 5.75 Å². The Balaban J connectivity index is 2.09. The van der Waals surface area contributed by atoms with Crippen LogP contribution >= 0.6 is 38.5 Å². The van der Waals surface area contributed by atoms with Crippen molar-refractivity contribution >= 4 is 38.5 Å². The molecule has 2 aromatic carbocycles. The molecule has 0 aromatic heterocycles. The summed E-state index contributed by atoms with van der Waals surface area (Å²) < 4.78 is 7.88. The van der Waals surface area contributed by atoms with E-state index in [1.165, 1.54) is 11.1 Å². The lowest BCUT2D eigenvalue weighted by molar-refractivity contribution is 0.304. The van der Waals surface area contributed by atoms with Gasteiger partial charge in [0.1, 0.15) is 12.4 Å². The van der Waals surface area contributed by atoms with Crippen molar-refractivity contribution in [2.75, 3.05) is 0 Å². The van der Waals surface area contributed by atoms with Gasteiger partial charge in [0.25, 0.3) is 0 Å². The van der Waals surface area contributed by atoms with Crippen LogP contribution in [0.2, 0.25) is 0 Å². The van der Waals surface area contributed by atoms with Crippen molar-refractivity contribution < 1.29 is 4.74 Å². The van der Waals surface area contributed by atoms with Crippen LogP contribution in [0.5, 0.6) is 5.75 Å². The van der Waals surface area contributed by atoms with Gasteiger partial charge in [0.05, 0.1) is 0 Å². The van der Waals surface area contributed by atoms with Crippen LogP contribution in [-0.4, -0.2) is 0 Å². The van der Waals surface area contributed by atoms with Gasteiger partial charge in [0, 0.05) is 14.5 Å². The van der Waals surface area contributed by atoms with Gasteiger partial charge in [0.2, 0.25) is 0 Å². The maximum Gasteiger partial charge on any atom is 0.123 e. The van der Waals surface area contributed by atoms with E-state index >= 15 is 0 Å². The number of alkyl halides is 1. The highest BCUT2D eigenvalue weighted by Crippen LogP contribution is 2.26. The third kappa shape index (κ3) is 3.71. The molecule has 0 heterocycles. The molecule has 3 heteroatoms. The van der Waals surface area contributed by atoms with Crippen LogP contribution in [0.4, 0.5) is 0 Å². The molecule has 0 saturated carbocycles. The molecule has 0 amide bonds. The van der Waals surface area contributed by atoms with Gasteiger partial charge in [-0.15, -0.1) is 0 Å². The Morgan fingerprint density at radius 1 is 1.06 bits per heavy atom. The first-order chi connectivity index (χ1) is 8.29. The van der Waals surface area contributed by atoms with Gasteiger partial charge in [-0.05, 0) is 23.8 Å². The Labute approximate surface area is 123 Å². The summed E-state index contributed by atoms with van der Waals surface area (Å²) in [7, 11) is 0. The van der Waals surface area contributed by atoms with Crippen LogP contribution in [-0.2, 0) is 11.0 Å². The van der Waals surface area contributed by atoms with E-state index in [2.05, 4.69) is 56.7 Å². The first-order valence-electron chi connectivity index (χ1n) is 5.30. The SMILES string of the molecule is Brc1ccc(OCc2ccccc2)c(CI)c1. The van der Waals surface area contributed by atoms with Crippen molar-refractivity contribution in [3.63, 3.8) is 0 Å². The highest BCUT2D eigenvalue weighted by atomic mass is 127. The molecule has 0 radical (unpaired) electrons. The van der Waals surface area contributed by atoms with E-state index in [9.17, 15) is 0 Å². The molecule has 2 aromatic rings. The molecule has 0 aliphatic heterocycles. The summed E-state index contributed by atoms with van der Waals surface area (Å²) in [6.45, 7) is 0.617. The molecule has 1 nitrogen and oxygen atoms in total. The van der Waals surface area contributed by atoms with E-state index < -0.39 is 0 Å². The molecule has 0 fully saturated rings. The lowest BCUT2D eigenvalue weighted by Gasteiger charge is -2.10. The van der Waals surface area contributed by atoms with Crippen LogP contribution in [0, 0.1) is 0 Å². The van der Waals surface area contributed by atoms with Gasteiger partial charge in [-0.1, -0.05) is 68.9 Å². The Hall–Kier alpha value is -0.550. The topological polar surface area (TPSA) is 9.23 Å². The predicted octanol–water partition coefficient (Wildman–Crippen LogP) is 4.96. The number of rotatable bonds is 4. The second-order valence-electron chi connectivity index (χ2n) is 3.66. The van der Waals surface area contributed by atoms with E-state index in [1.54, 1.807) is 0 Å². The standard InChI is InChI=1S/C14H12BrIO/c15-13-6-7-14(12(8-13)9-16)17-10-11-4-2-1-3-5-11/h1-8H,9-10H2. The molecule has 0 aliphatic rings. The highest BCUT2D eigenvalue weighted by molar-refractivity contribution is 14.1. The van der Waals surface area contributed by atoms with E-state index in [1.807, 2.05) is 30.3 Å². The highest BCUT2D eigenvalue weighted by Gasteiger charge is 2.03. The number of ether oxygens (including phenoxy) is 1. The number of halogens is 2. The Morgan fingerprint density at radius 3 is 2.53 bits per heavy atom. The fourth-order valence-corrected chi connectivity index (χ4v) is 2.53. The van der Waals surface area contributed by atoms with Crippen LogP contribution in [0.3, 0.4) is 0 Å². The largest absolute Gasteiger partial charge is 0.489 e. The summed E-state index contributed by atoms with van der Waals surface area (Å²) >= 11 is 5.82. The average Bonchev–Trinajstić information content (AvgIpc) is 2.38. The quantitative estimate of drug-likeness (QED) is 0.518. The van der Waals surface area contributed by atoms with E-state index in [0.29, 0.717) is 6.61 Å². The maximum absolute atomic E-state index is 5.84. The van der Waals surface area contributed by atoms with Crippen molar-refractivity contribution in [2.45, 2.75) is 11.0 Å². The van der Waals surface area contributed by atoms with Crippen molar-refractivity contribution in [1.82, 2.24) is 0 Å². The minimum atomic E-state index is 0.617. The molecule has 0 bridgehead atoms. The van der Waals surface area contributed by atoms with Crippen molar-refractivity contribution in [2.24, 2.45) is 0 Å². The summed E-state index contributed by atoms with van der Waals surface area (Å²) in [5.41, 5.74) is 2.41. The molecular weight excluding hydrogens is 391 g/mol. The Kier molecular flexibility index (Phi) is 4.86. The summed E-state index contributed by atoms with van der Waals surface area (Å²) in [5, 5.41) is 0. The molecule has 0 aliphatic carbocycles. The maximum atomic E-state index is 5.84. The Bertz CT molecular complexity index is 485. The van der Waals surface area contributed by atoms with Crippen molar-refractivity contribution in [3.05, 3.63) is 64.1 Å². The Morgan fingerprint density at radius 2 is 1.82 bits per heavy atom. The summed E-state index contributed by atoms with van der Waals surface area (Å²) in [5.74, 6) is 0.964. The fraction of sp³-hybridized carbons (Fsp3) is 0.143. The third-order valence-corrected chi connectivity index (χ3v) is 3.72. The molecule has 0 saturated heterocycles. The first kappa shape index (κ1) is 12.9. The number of benzene rings is 2. The molecule has 0 N–H and O–H groups in total. The smallest absolute Gasteiger partial charge is 0.123 e. The van der Waals surface area contributed by atoms with Crippen LogP contribution in [0.15, 0.2) is 53.0 Å². The zero-order valence-corrected chi connectivity index (χ0v) is 12.9. The minimum absolute atomic E-state index is 0.617. The molecule has 0 atom stereocenters. The van der Waals surface area contributed by atoms with Crippen LogP contribution < -0.4 is 4.74 Å².